The molecule has 0 spiro atoms. The maximum Gasteiger partial charge on any atom is 0.452 e. The lowest BCUT2D eigenvalue weighted by molar-refractivity contribution is -0.369. The Morgan fingerprint density at radius 3 is 1.71 bits per heavy atom. The fraction of sp³-hybridized carbons (Fsp3) is 0.800. The van der Waals surface area contributed by atoms with Gasteiger partial charge in [-0.2, -0.15) is 26.3 Å². The van der Waals surface area contributed by atoms with Crippen LogP contribution < -0.4 is 5.32 Å². The molecule has 0 aromatic carbocycles. The van der Waals surface area contributed by atoms with Gasteiger partial charge in [-0.1, -0.05) is 0 Å². The zero-order valence-electron chi connectivity index (χ0n) is 6.29. The first-order valence-electron chi connectivity index (χ1n) is 3.20. The molecule has 0 saturated carbocycles. The SMILES string of the molecule is O=C1CNC(C(F)(F)F)(C(F)(F)F)O1. The second-order valence-electron chi connectivity index (χ2n) is 2.50. The van der Waals surface area contributed by atoms with Crippen molar-refractivity contribution in [1.29, 1.82) is 0 Å². The van der Waals surface area contributed by atoms with Gasteiger partial charge in [-0.3, -0.25) is 10.1 Å². The Hall–Kier alpha value is -0.990. The van der Waals surface area contributed by atoms with E-state index in [2.05, 4.69) is 4.74 Å². The number of carbonyl (C=O) groups is 1. The van der Waals surface area contributed by atoms with E-state index in [9.17, 15) is 31.1 Å². The molecule has 82 valence electrons. The Bertz CT molecular complexity index is 242. The lowest BCUT2D eigenvalue weighted by atomic mass is 10.2. The quantitative estimate of drug-likeness (QED) is 0.491. The number of nitrogens with one attached hydrogen (secondary N) is 1. The van der Waals surface area contributed by atoms with E-state index < -0.39 is 30.6 Å². The molecule has 1 heterocycles. The maximum absolute atomic E-state index is 12.0. The highest BCUT2D eigenvalue weighted by molar-refractivity contribution is 5.74. The maximum atomic E-state index is 12.0. The molecule has 1 N–H and O–H groups in total. The molecule has 14 heavy (non-hydrogen) atoms. The second-order valence-corrected chi connectivity index (χ2v) is 2.50. The Morgan fingerprint density at radius 1 is 1.14 bits per heavy atom. The summed E-state index contributed by atoms with van der Waals surface area (Å²) in [6.07, 6.45) is -11.5. The Morgan fingerprint density at radius 2 is 1.57 bits per heavy atom. The third kappa shape index (κ3) is 1.41. The molecule has 0 amide bonds. The lowest BCUT2D eigenvalue weighted by Crippen LogP contribution is -2.64. The van der Waals surface area contributed by atoms with E-state index in [1.54, 1.807) is 0 Å². The van der Waals surface area contributed by atoms with Gasteiger partial charge < -0.3 is 4.74 Å². The average Bonchev–Trinajstić information content (AvgIpc) is 2.28. The molecular formula is C5H3F6NO2. The van der Waals surface area contributed by atoms with Gasteiger partial charge in [-0.15, -0.1) is 0 Å². The van der Waals surface area contributed by atoms with Crippen LogP contribution in [0.3, 0.4) is 0 Å². The number of ether oxygens (including phenoxy) is 1. The molecule has 1 aliphatic heterocycles. The fourth-order valence-electron chi connectivity index (χ4n) is 0.916. The summed E-state index contributed by atoms with van der Waals surface area (Å²) in [6.45, 7) is -1.13. The van der Waals surface area contributed by atoms with Crippen LogP contribution in [-0.4, -0.2) is 30.6 Å². The van der Waals surface area contributed by atoms with Crippen molar-refractivity contribution in [1.82, 2.24) is 5.32 Å². The summed E-state index contributed by atoms with van der Waals surface area (Å²) in [5.41, 5.74) is -4.56. The smallest absolute Gasteiger partial charge is 0.424 e. The highest BCUT2D eigenvalue weighted by Crippen LogP contribution is 2.45. The van der Waals surface area contributed by atoms with E-state index in [0.717, 1.165) is 5.32 Å². The number of carbonyl (C=O) groups excluding carboxylic acids is 1. The highest BCUT2D eigenvalue weighted by atomic mass is 19.4. The van der Waals surface area contributed by atoms with Crippen LogP contribution in [0.4, 0.5) is 26.3 Å². The summed E-state index contributed by atoms with van der Waals surface area (Å²) >= 11 is 0. The molecule has 1 aliphatic rings. The molecule has 0 aliphatic carbocycles. The molecule has 0 unspecified atom stereocenters. The summed E-state index contributed by atoms with van der Waals surface area (Å²) < 4.78 is 75.4. The van der Waals surface area contributed by atoms with Crippen LogP contribution in [0, 0.1) is 0 Å². The monoisotopic (exact) mass is 223 g/mol. The zero-order chi connectivity index (χ0) is 11.2. The minimum absolute atomic E-state index is 0.978. The summed E-state index contributed by atoms with van der Waals surface area (Å²) in [6, 6.07) is 0. The molecule has 1 fully saturated rings. The minimum Gasteiger partial charge on any atom is -0.424 e. The van der Waals surface area contributed by atoms with Crippen molar-refractivity contribution in [2.75, 3.05) is 6.54 Å². The summed E-state index contributed by atoms with van der Waals surface area (Å²) in [7, 11) is 0. The number of hydrogen-bond acceptors (Lipinski definition) is 3. The predicted octanol–water partition coefficient (Wildman–Crippen LogP) is 0.954. The van der Waals surface area contributed by atoms with E-state index in [0.29, 0.717) is 0 Å². The van der Waals surface area contributed by atoms with Crippen molar-refractivity contribution >= 4 is 5.97 Å². The molecular weight excluding hydrogens is 220 g/mol. The number of cyclic esters (lactones) is 1. The van der Waals surface area contributed by atoms with Crippen LogP contribution in [-0.2, 0) is 9.53 Å². The number of alkyl halides is 6. The third-order valence-electron chi connectivity index (χ3n) is 1.55. The molecule has 1 rings (SSSR count). The largest absolute Gasteiger partial charge is 0.452 e. The van der Waals surface area contributed by atoms with Crippen molar-refractivity contribution in [3.05, 3.63) is 0 Å². The fourth-order valence-corrected chi connectivity index (χ4v) is 0.916. The molecule has 0 bridgehead atoms. The van der Waals surface area contributed by atoms with Gasteiger partial charge in [-0.05, 0) is 0 Å². The van der Waals surface area contributed by atoms with Gasteiger partial charge in [0.25, 0.3) is 0 Å². The predicted molar refractivity (Wildman–Crippen MR) is 28.9 cm³/mol. The average molecular weight is 223 g/mol. The first kappa shape index (κ1) is 11.1. The second kappa shape index (κ2) is 2.75. The summed E-state index contributed by atoms with van der Waals surface area (Å²) in [5.74, 6) is -1.60. The molecule has 0 radical (unpaired) electrons. The van der Waals surface area contributed by atoms with Crippen molar-refractivity contribution in [3.8, 4) is 0 Å². The standard InChI is InChI=1S/C5H3F6NO2/c6-4(7,8)3(5(9,10)11)12-1-2(13)14-3/h12H,1H2. The van der Waals surface area contributed by atoms with E-state index in [1.807, 2.05) is 0 Å². The van der Waals surface area contributed by atoms with Gasteiger partial charge in [0.2, 0.25) is 0 Å². The topological polar surface area (TPSA) is 38.3 Å². The van der Waals surface area contributed by atoms with Gasteiger partial charge in [0.1, 0.15) is 0 Å². The van der Waals surface area contributed by atoms with Gasteiger partial charge in [0.05, 0.1) is 6.54 Å². The van der Waals surface area contributed by atoms with Crippen LogP contribution in [0.25, 0.3) is 0 Å². The van der Waals surface area contributed by atoms with Gasteiger partial charge in [-0.25, -0.2) is 0 Å². The first-order valence-corrected chi connectivity index (χ1v) is 3.20. The number of halogens is 6. The Labute approximate surface area is 73.0 Å². The molecule has 0 aromatic rings. The van der Waals surface area contributed by atoms with Crippen LogP contribution in [0.1, 0.15) is 0 Å². The number of rotatable bonds is 0. The first-order chi connectivity index (χ1) is 6.10. The normalized spacial score (nSPS) is 22.3. The van der Waals surface area contributed by atoms with Crippen LogP contribution in [0.2, 0.25) is 0 Å². The lowest BCUT2D eigenvalue weighted by Gasteiger charge is -2.31. The van der Waals surface area contributed by atoms with Crippen molar-refractivity contribution in [2.24, 2.45) is 0 Å². The van der Waals surface area contributed by atoms with E-state index in [1.165, 1.54) is 0 Å². The summed E-state index contributed by atoms with van der Waals surface area (Å²) in [4.78, 5) is 10.3. The third-order valence-corrected chi connectivity index (χ3v) is 1.55. The molecule has 0 aromatic heterocycles. The number of hydrogen-bond donors (Lipinski definition) is 1. The van der Waals surface area contributed by atoms with Gasteiger partial charge in [0, 0.05) is 0 Å². The van der Waals surface area contributed by atoms with Crippen LogP contribution >= 0.6 is 0 Å². The molecule has 3 nitrogen and oxygen atoms in total. The van der Waals surface area contributed by atoms with Crippen LogP contribution in [0.5, 0.6) is 0 Å². The Balaban J connectivity index is 3.12. The van der Waals surface area contributed by atoms with E-state index >= 15 is 0 Å². The van der Waals surface area contributed by atoms with Crippen molar-refractivity contribution in [2.45, 2.75) is 18.1 Å². The van der Waals surface area contributed by atoms with Gasteiger partial charge in [0.15, 0.2) is 0 Å². The summed E-state index contributed by atoms with van der Waals surface area (Å²) in [5, 5.41) is 0.978. The van der Waals surface area contributed by atoms with E-state index in [4.69, 9.17) is 0 Å². The van der Waals surface area contributed by atoms with Crippen molar-refractivity contribution in [3.63, 3.8) is 0 Å². The molecule has 1 saturated heterocycles. The zero-order valence-corrected chi connectivity index (χ0v) is 6.29. The number of esters is 1. The van der Waals surface area contributed by atoms with Gasteiger partial charge >= 0.3 is 24.0 Å². The molecule has 0 atom stereocenters. The van der Waals surface area contributed by atoms with Crippen molar-refractivity contribution < 1.29 is 35.9 Å². The minimum atomic E-state index is -5.74. The van der Waals surface area contributed by atoms with Crippen LogP contribution in [0.15, 0.2) is 0 Å². The van der Waals surface area contributed by atoms with E-state index in [-0.39, 0.29) is 0 Å². The Kier molecular flexibility index (Phi) is 2.18. The molecule has 9 heteroatoms. The highest BCUT2D eigenvalue weighted by Gasteiger charge is 2.76.